The van der Waals surface area contributed by atoms with E-state index < -0.39 is 30.3 Å². The highest BCUT2D eigenvalue weighted by molar-refractivity contribution is 6.32. The van der Waals surface area contributed by atoms with Crippen LogP contribution in [0.1, 0.15) is 37.7 Å². The largest absolute Gasteiger partial charge is 0.389 e. The van der Waals surface area contributed by atoms with Crippen LogP contribution in [0.3, 0.4) is 0 Å². The fourth-order valence-corrected chi connectivity index (χ4v) is 5.56. The molecular formula is C24H28ClF2N3O3. The van der Waals surface area contributed by atoms with E-state index in [4.69, 9.17) is 16.3 Å². The molecular weight excluding hydrogens is 452 g/mol. The molecule has 5 rings (SSSR count). The molecule has 33 heavy (non-hydrogen) atoms. The van der Waals surface area contributed by atoms with Crippen molar-refractivity contribution < 1.29 is 23.4 Å². The number of hydrogen-bond donors (Lipinski definition) is 2. The third kappa shape index (κ3) is 4.34. The number of amides is 1. The third-order valence-corrected chi connectivity index (χ3v) is 7.96. The second-order valence-corrected chi connectivity index (χ2v) is 10.2. The maximum atomic E-state index is 12.8. The second kappa shape index (κ2) is 8.73. The fraction of sp³-hybridized carbons (Fsp3) is 0.583. The molecule has 0 spiro atoms. The van der Waals surface area contributed by atoms with Gasteiger partial charge in [-0.15, -0.1) is 0 Å². The molecule has 3 heterocycles. The van der Waals surface area contributed by atoms with E-state index in [2.05, 4.69) is 22.1 Å². The zero-order valence-corrected chi connectivity index (χ0v) is 19.2. The number of alkyl halides is 2. The number of carbonyl (C=O) groups is 1. The monoisotopic (exact) mass is 479 g/mol. The van der Waals surface area contributed by atoms with E-state index >= 15 is 0 Å². The summed E-state index contributed by atoms with van der Waals surface area (Å²) in [5, 5.41) is 15.5. The number of aromatic nitrogens is 1. The molecule has 3 fully saturated rings. The van der Waals surface area contributed by atoms with Crippen molar-refractivity contribution >= 4 is 34.1 Å². The quantitative estimate of drug-likeness (QED) is 0.676. The first-order valence-electron chi connectivity index (χ1n) is 11.5. The normalized spacial score (nSPS) is 30.8. The molecule has 2 aromatic rings. The molecule has 3 aliphatic rings. The Morgan fingerprint density at radius 2 is 2.06 bits per heavy atom. The van der Waals surface area contributed by atoms with Crippen molar-refractivity contribution in [1.29, 1.82) is 0 Å². The first-order valence-corrected chi connectivity index (χ1v) is 11.8. The molecule has 9 heteroatoms. The van der Waals surface area contributed by atoms with Gasteiger partial charge >= 0.3 is 0 Å². The van der Waals surface area contributed by atoms with Crippen molar-refractivity contribution in [2.24, 2.45) is 11.8 Å². The Morgan fingerprint density at radius 1 is 1.30 bits per heavy atom. The lowest BCUT2D eigenvalue weighted by Gasteiger charge is -2.43. The van der Waals surface area contributed by atoms with Crippen molar-refractivity contribution in [2.75, 3.05) is 31.6 Å². The van der Waals surface area contributed by atoms with Gasteiger partial charge in [0.25, 0.3) is 0 Å². The summed E-state index contributed by atoms with van der Waals surface area (Å²) in [7, 11) is 0. The number of halogens is 3. The smallest absolute Gasteiger partial charge is 0.242 e. The molecule has 0 bridgehead atoms. The molecule has 1 aromatic carbocycles. The number of benzene rings is 1. The molecule has 1 aromatic heterocycles. The fourth-order valence-electron chi connectivity index (χ4n) is 5.23. The lowest BCUT2D eigenvalue weighted by molar-refractivity contribution is -0.118. The van der Waals surface area contributed by atoms with Crippen LogP contribution in [0.2, 0.25) is 5.02 Å². The summed E-state index contributed by atoms with van der Waals surface area (Å²) in [5.74, 6) is -1.25. The molecule has 2 N–H and O–H groups in total. The standard InChI is InChI=1S/C24H28ClF2N3O3/c1-24(12-33-11-20(24)31)30-4-2-13(3-5-30)16-6-14-8-21(28-10-15(14)7-19(16)25)29-23(32)18-9-17(18)22(26)27/h6-8,10,13,17-18,20,22,31H,2-5,9,11-12H2,1H3,(H,28,29,32)/t17-,18+,20+,24-/m1/s1. The SMILES string of the molecule is C[C@@]1(N2CCC(c3cc4cc(NC(=O)[C@H]5C[C@H]5C(F)F)ncc4cc3Cl)CC2)COC[C@@H]1O. The number of ether oxygens (including phenoxy) is 1. The van der Waals surface area contributed by atoms with Crippen LogP contribution in [0.5, 0.6) is 0 Å². The van der Waals surface area contributed by atoms with Crippen molar-refractivity contribution in [3.05, 3.63) is 35.0 Å². The highest BCUT2D eigenvalue weighted by atomic mass is 35.5. The molecule has 0 radical (unpaired) electrons. The summed E-state index contributed by atoms with van der Waals surface area (Å²) in [5.41, 5.74) is 0.711. The zero-order chi connectivity index (χ0) is 23.3. The Bertz CT molecular complexity index is 1060. The molecule has 6 nitrogen and oxygen atoms in total. The number of nitrogens with one attached hydrogen (secondary N) is 1. The van der Waals surface area contributed by atoms with E-state index in [1.165, 1.54) is 0 Å². The maximum absolute atomic E-state index is 12.8. The number of piperidine rings is 1. The third-order valence-electron chi connectivity index (χ3n) is 7.63. The number of hydrogen-bond acceptors (Lipinski definition) is 5. The van der Waals surface area contributed by atoms with E-state index in [0.29, 0.717) is 24.1 Å². The number of aliphatic hydroxyl groups is 1. The number of rotatable bonds is 5. The van der Waals surface area contributed by atoms with E-state index in [9.17, 15) is 18.7 Å². The molecule has 4 atom stereocenters. The number of anilines is 1. The molecule has 2 aliphatic heterocycles. The highest BCUT2D eigenvalue weighted by Crippen LogP contribution is 2.44. The average molecular weight is 480 g/mol. The van der Waals surface area contributed by atoms with E-state index in [1.807, 2.05) is 12.1 Å². The van der Waals surface area contributed by atoms with Crippen LogP contribution in [0, 0.1) is 11.8 Å². The van der Waals surface area contributed by atoms with Crippen LogP contribution in [0.25, 0.3) is 10.8 Å². The van der Waals surface area contributed by atoms with Crippen molar-refractivity contribution in [3.63, 3.8) is 0 Å². The van der Waals surface area contributed by atoms with E-state index in [0.717, 1.165) is 42.3 Å². The number of carbonyl (C=O) groups excluding carboxylic acids is 1. The topological polar surface area (TPSA) is 74.7 Å². The van der Waals surface area contributed by atoms with Gasteiger partial charge < -0.3 is 15.2 Å². The number of pyridine rings is 1. The van der Waals surface area contributed by atoms with Gasteiger partial charge in [0.1, 0.15) is 5.82 Å². The molecule has 178 valence electrons. The van der Waals surface area contributed by atoms with E-state index in [1.54, 1.807) is 12.3 Å². The summed E-state index contributed by atoms with van der Waals surface area (Å²) < 4.78 is 31.0. The molecule has 0 unspecified atom stereocenters. The van der Waals surface area contributed by atoms with Crippen LogP contribution in [-0.2, 0) is 9.53 Å². The summed E-state index contributed by atoms with van der Waals surface area (Å²) in [4.78, 5) is 18.8. The minimum absolute atomic E-state index is 0.220. The Morgan fingerprint density at radius 3 is 2.70 bits per heavy atom. The first kappa shape index (κ1) is 22.9. The van der Waals surface area contributed by atoms with E-state index in [-0.39, 0.29) is 17.9 Å². The van der Waals surface area contributed by atoms with Gasteiger partial charge in [-0.1, -0.05) is 11.6 Å². The number of likely N-dealkylation sites (tertiary alicyclic amines) is 1. The van der Waals surface area contributed by atoms with Gasteiger partial charge in [0.15, 0.2) is 0 Å². The summed E-state index contributed by atoms with van der Waals surface area (Å²) in [6.45, 7) is 4.67. The molecule has 1 amide bonds. The summed E-state index contributed by atoms with van der Waals surface area (Å²) >= 11 is 6.63. The minimum atomic E-state index is -2.46. The number of nitrogens with zero attached hydrogens (tertiary/aromatic N) is 2. The number of aliphatic hydroxyl groups excluding tert-OH is 1. The van der Waals surface area contributed by atoms with Crippen LogP contribution in [0.15, 0.2) is 24.4 Å². The van der Waals surface area contributed by atoms with Crippen molar-refractivity contribution in [3.8, 4) is 0 Å². The zero-order valence-electron chi connectivity index (χ0n) is 18.4. The van der Waals surface area contributed by atoms with Gasteiger partial charge in [0.2, 0.25) is 12.3 Å². The van der Waals surface area contributed by atoms with Gasteiger partial charge in [-0.3, -0.25) is 9.69 Å². The lowest BCUT2D eigenvalue weighted by atomic mass is 9.85. The van der Waals surface area contributed by atoms with Crippen LogP contribution < -0.4 is 5.32 Å². The van der Waals surface area contributed by atoms with Crippen LogP contribution in [0.4, 0.5) is 14.6 Å². The highest BCUT2D eigenvalue weighted by Gasteiger charge is 2.49. The maximum Gasteiger partial charge on any atom is 0.242 e. The van der Waals surface area contributed by atoms with Crippen molar-refractivity contribution in [1.82, 2.24) is 9.88 Å². The first-order chi connectivity index (χ1) is 15.8. The van der Waals surface area contributed by atoms with Gasteiger partial charge in [-0.2, -0.15) is 0 Å². The van der Waals surface area contributed by atoms with Gasteiger partial charge in [0.05, 0.1) is 24.9 Å². The Kier molecular flexibility index (Phi) is 6.05. The van der Waals surface area contributed by atoms with Crippen molar-refractivity contribution in [2.45, 2.75) is 50.2 Å². The number of fused-ring (bicyclic) bond motifs is 1. The summed E-state index contributed by atoms with van der Waals surface area (Å²) in [6, 6.07) is 5.71. The Labute approximate surface area is 196 Å². The van der Waals surface area contributed by atoms with Crippen LogP contribution >= 0.6 is 11.6 Å². The minimum Gasteiger partial charge on any atom is -0.389 e. The average Bonchev–Trinajstić information content (AvgIpc) is 3.54. The predicted molar refractivity (Wildman–Crippen MR) is 122 cm³/mol. The molecule has 2 saturated heterocycles. The van der Waals surface area contributed by atoms with Gasteiger partial charge in [-0.05, 0) is 74.3 Å². The second-order valence-electron chi connectivity index (χ2n) is 9.77. The predicted octanol–water partition coefficient (Wildman–Crippen LogP) is 4.06. The molecule has 1 saturated carbocycles. The Hall–Kier alpha value is -1.87. The van der Waals surface area contributed by atoms with Gasteiger partial charge in [0, 0.05) is 28.4 Å². The lowest BCUT2D eigenvalue weighted by Crippen LogP contribution is -2.56. The van der Waals surface area contributed by atoms with Gasteiger partial charge in [-0.25, -0.2) is 13.8 Å². The van der Waals surface area contributed by atoms with Crippen LogP contribution in [-0.4, -0.2) is 65.3 Å². The Balaban J connectivity index is 1.30. The molecule has 1 aliphatic carbocycles. The summed E-state index contributed by atoms with van der Waals surface area (Å²) in [6.07, 6.45) is 0.748.